The predicted molar refractivity (Wildman–Crippen MR) is 270 cm³/mol. The Kier molecular flexibility index (Phi) is 9.79. The van der Waals surface area contributed by atoms with Gasteiger partial charge in [-0.1, -0.05) is 114 Å². The van der Waals surface area contributed by atoms with Crippen molar-refractivity contribution < 1.29 is 13.2 Å². The first kappa shape index (κ1) is 41.6. The van der Waals surface area contributed by atoms with Gasteiger partial charge in [0.2, 0.25) is 0 Å². The molecule has 11 aromatic rings. The molecule has 2 aromatic heterocycles. The van der Waals surface area contributed by atoms with Crippen LogP contribution in [0.5, 0.6) is 0 Å². The van der Waals surface area contributed by atoms with Gasteiger partial charge >= 0.3 is 6.18 Å². The number of benzene rings is 9. The Morgan fingerprint density at radius 3 is 1.42 bits per heavy atom. The molecule has 324 valence electrons. The largest absolute Gasteiger partial charge is 0.417 e. The summed E-state index contributed by atoms with van der Waals surface area (Å²) in [7, 11) is 0. The first-order valence-corrected chi connectivity index (χ1v) is 22.5. The third kappa shape index (κ3) is 6.89. The van der Waals surface area contributed by atoms with Crippen molar-refractivity contribution in [3.8, 4) is 62.0 Å². The molecular formula is C61H44F3N3. The summed E-state index contributed by atoms with van der Waals surface area (Å²) in [6, 6.07) is 60.8. The Morgan fingerprint density at radius 1 is 0.403 bits per heavy atom. The second-order valence-corrected chi connectivity index (χ2v) is 17.9. The Hall–Kier alpha value is -8.14. The molecule has 3 nitrogen and oxygen atoms in total. The third-order valence-electron chi connectivity index (χ3n) is 13.5. The number of rotatable bonds is 6. The number of fused-ring (bicyclic) bond motifs is 6. The second-order valence-electron chi connectivity index (χ2n) is 17.9. The molecular weight excluding hydrogens is 832 g/mol. The molecule has 67 heavy (non-hydrogen) atoms. The van der Waals surface area contributed by atoms with Crippen LogP contribution >= 0.6 is 0 Å². The molecule has 0 fully saturated rings. The molecule has 6 heteroatoms. The molecule has 0 aliphatic carbocycles. The fourth-order valence-corrected chi connectivity index (χ4v) is 10.5. The Labute approximate surface area is 387 Å². The Balaban J connectivity index is 1.23. The summed E-state index contributed by atoms with van der Waals surface area (Å²) < 4.78 is 49.4. The van der Waals surface area contributed by atoms with E-state index >= 15 is 0 Å². The van der Waals surface area contributed by atoms with Crippen molar-refractivity contribution in [2.24, 2.45) is 0 Å². The molecule has 0 atom stereocenters. The van der Waals surface area contributed by atoms with E-state index in [9.17, 15) is 18.4 Å². The summed E-state index contributed by atoms with van der Waals surface area (Å²) in [6.45, 7) is 10.2. The number of hydrogen-bond donors (Lipinski definition) is 0. The molecule has 0 N–H and O–H groups in total. The number of halogens is 3. The van der Waals surface area contributed by atoms with E-state index in [1.54, 1.807) is 13.0 Å². The van der Waals surface area contributed by atoms with E-state index in [1.165, 1.54) is 28.3 Å². The van der Waals surface area contributed by atoms with Crippen LogP contribution in [0, 0.1) is 45.9 Å². The zero-order valence-corrected chi connectivity index (χ0v) is 37.7. The van der Waals surface area contributed by atoms with Crippen molar-refractivity contribution in [3.63, 3.8) is 0 Å². The monoisotopic (exact) mass is 875 g/mol. The number of aryl methyl sites for hydroxylation is 5. The lowest BCUT2D eigenvalue weighted by molar-refractivity contribution is -0.137. The molecule has 0 unspecified atom stereocenters. The molecule has 11 rings (SSSR count). The van der Waals surface area contributed by atoms with E-state index in [-0.39, 0.29) is 5.56 Å². The smallest absolute Gasteiger partial charge is 0.309 e. The van der Waals surface area contributed by atoms with Gasteiger partial charge in [-0.05, 0) is 157 Å². The van der Waals surface area contributed by atoms with Crippen LogP contribution in [0.15, 0.2) is 176 Å². The first-order valence-electron chi connectivity index (χ1n) is 22.5. The summed E-state index contributed by atoms with van der Waals surface area (Å²) >= 11 is 0. The van der Waals surface area contributed by atoms with Gasteiger partial charge in [-0.15, -0.1) is 0 Å². The minimum absolute atomic E-state index is 0.122. The van der Waals surface area contributed by atoms with Gasteiger partial charge in [-0.2, -0.15) is 18.4 Å². The highest BCUT2D eigenvalue weighted by atomic mass is 19.4. The summed E-state index contributed by atoms with van der Waals surface area (Å²) in [5, 5.41) is 14.8. The van der Waals surface area contributed by atoms with E-state index in [0.717, 1.165) is 83.3 Å². The van der Waals surface area contributed by atoms with Crippen LogP contribution in [0.2, 0.25) is 0 Å². The lowest BCUT2D eigenvalue weighted by Crippen LogP contribution is -2.08. The number of aromatic nitrogens is 2. The highest BCUT2D eigenvalue weighted by Crippen LogP contribution is 2.46. The van der Waals surface area contributed by atoms with Crippen molar-refractivity contribution in [2.75, 3.05) is 0 Å². The van der Waals surface area contributed by atoms with Crippen molar-refractivity contribution in [1.82, 2.24) is 9.13 Å². The zero-order chi connectivity index (χ0) is 46.3. The number of nitrogens with zero attached hydrogens (tertiary/aromatic N) is 3. The van der Waals surface area contributed by atoms with E-state index in [1.807, 2.05) is 60.7 Å². The van der Waals surface area contributed by atoms with Gasteiger partial charge in [0.15, 0.2) is 0 Å². The number of hydrogen-bond acceptors (Lipinski definition) is 1. The average molecular weight is 876 g/mol. The fraction of sp³-hybridized carbons (Fsp3) is 0.0984. The molecule has 0 saturated carbocycles. The lowest BCUT2D eigenvalue weighted by atomic mass is 9.90. The van der Waals surface area contributed by atoms with E-state index < -0.39 is 11.7 Å². The first-order chi connectivity index (χ1) is 32.4. The summed E-state index contributed by atoms with van der Waals surface area (Å²) in [5.41, 5.74) is 16.9. The molecule has 0 spiro atoms. The lowest BCUT2D eigenvalue weighted by Gasteiger charge is -2.21. The number of para-hydroxylation sites is 2. The zero-order valence-electron chi connectivity index (χ0n) is 37.7. The predicted octanol–water partition coefficient (Wildman–Crippen LogP) is 17.0. The van der Waals surface area contributed by atoms with E-state index in [2.05, 4.69) is 140 Å². The molecule has 0 amide bonds. The highest BCUT2D eigenvalue weighted by molar-refractivity contribution is 6.13. The summed E-state index contributed by atoms with van der Waals surface area (Å²) in [5.74, 6) is 0. The van der Waals surface area contributed by atoms with Gasteiger partial charge in [0.05, 0.1) is 50.6 Å². The van der Waals surface area contributed by atoms with Crippen LogP contribution in [0.3, 0.4) is 0 Å². The van der Waals surface area contributed by atoms with E-state index in [4.69, 9.17) is 0 Å². The minimum Gasteiger partial charge on any atom is -0.309 e. The Bertz CT molecular complexity index is 3870. The number of alkyl halides is 3. The van der Waals surface area contributed by atoms with Crippen molar-refractivity contribution in [1.29, 1.82) is 5.26 Å². The number of nitriles is 1. The normalized spacial score (nSPS) is 11.9. The SMILES string of the molecule is Cc1ccc(-c2ccc3c(c2)c2ccccc2n3-c2ccc(C#N)cc2-c2cc(-c3c(C)cccc3C(F)(F)F)ccc2-n2c3ccccc3c3cc(-c4ccc(C)cc4C)ccc32)c(C)c1. The van der Waals surface area contributed by atoms with Gasteiger partial charge in [-0.3, -0.25) is 0 Å². The van der Waals surface area contributed by atoms with Crippen LogP contribution in [0.4, 0.5) is 13.2 Å². The molecule has 0 radical (unpaired) electrons. The maximum Gasteiger partial charge on any atom is 0.417 e. The Morgan fingerprint density at radius 2 is 0.896 bits per heavy atom. The van der Waals surface area contributed by atoms with Gasteiger partial charge in [0.1, 0.15) is 0 Å². The molecule has 0 saturated heterocycles. The fourth-order valence-electron chi connectivity index (χ4n) is 10.5. The van der Waals surface area contributed by atoms with Crippen molar-refractivity contribution >= 4 is 43.6 Å². The van der Waals surface area contributed by atoms with Gasteiger partial charge < -0.3 is 9.13 Å². The van der Waals surface area contributed by atoms with Crippen LogP contribution in [-0.4, -0.2) is 9.13 Å². The van der Waals surface area contributed by atoms with Crippen LogP contribution < -0.4 is 0 Å². The van der Waals surface area contributed by atoms with Crippen molar-refractivity contribution in [2.45, 2.75) is 40.8 Å². The molecule has 0 bridgehead atoms. The maximum atomic E-state index is 15.0. The molecule has 2 heterocycles. The van der Waals surface area contributed by atoms with E-state index in [0.29, 0.717) is 27.8 Å². The third-order valence-corrected chi connectivity index (χ3v) is 13.5. The van der Waals surface area contributed by atoms with Gasteiger partial charge in [0.25, 0.3) is 0 Å². The van der Waals surface area contributed by atoms with Crippen LogP contribution in [0.25, 0.3) is 99.5 Å². The molecule has 9 aromatic carbocycles. The van der Waals surface area contributed by atoms with Crippen molar-refractivity contribution in [3.05, 3.63) is 215 Å². The molecule has 0 aliphatic rings. The summed E-state index contributed by atoms with van der Waals surface area (Å²) in [4.78, 5) is 0. The summed E-state index contributed by atoms with van der Waals surface area (Å²) in [6.07, 6.45) is -4.59. The molecule has 0 aliphatic heterocycles. The minimum atomic E-state index is -4.59. The topological polar surface area (TPSA) is 33.6 Å². The maximum absolute atomic E-state index is 15.0. The van der Waals surface area contributed by atoms with Gasteiger partial charge in [0, 0.05) is 32.7 Å². The highest BCUT2D eigenvalue weighted by Gasteiger charge is 2.34. The average Bonchev–Trinajstić information content (AvgIpc) is 3.83. The quantitative estimate of drug-likeness (QED) is 0.164. The second kappa shape index (κ2) is 15.8. The van der Waals surface area contributed by atoms with Crippen LogP contribution in [0.1, 0.15) is 38.9 Å². The van der Waals surface area contributed by atoms with Gasteiger partial charge in [-0.25, -0.2) is 0 Å². The standard InChI is InChI=1S/C61H44F3N3/c1-36-17-23-45(39(4)29-36)42-20-26-57-50(32-42)47-12-6-8-15-54(47)66(57)56-25-19-41(35-65)31-49(56)52-34-44(60-38(3)11-10-14-53(60)61(62,63)64)22-28-59(52)67-55-16-9-7-13-48(55)51-33-43(21-27-58(51)67)46-24-18-37(2)30-40(46)5/h6-34H,1-5H3. The van der Waals surface area contributed by atoms with Crippen LogP contribution in [-0.2, 0) is 6.18 Å².